The maximum atomic E-state index is 10.1. The number of rotatable bonds is 2. The summed E-state index contributed by atoms with van der Waals surface area (Å²) in [5, 5.41) is 15.4. The van der Waals surface area contributed by atoms with Gasteiger partial charge in [0, 0.05) is 21.2 Å². The van der Waals surface area contributed by atoms with E-state index in [1.165, 1.54) is 6.07 Å². The van der Waals surface area contributed by atoms with Crippen molar-refractivity contribution >= 4 is 34.8 Å². The number of benzene rings is 2. The first kappa shape index (κ1) is 15.2. The highest BCUT2D eigenvalue weighted by atomic mass is 35.5. The highest BCUT2D eigenvalue weighted by Gasteiger charge is 2.20. The van der Waals surface area contributed by atoms with E-state index in [0.717, 1.165) is 11.1 Å². The Bertz CT molecular complexity index is 841. The Hall–Kier alpha value is -1.68. The van der Waals surface area contributed by atoms with E-state index in [-0.39, 0.29) is 10.8 Å². The summed E-state index contributed by atoms with van der Waals surface area (Å²) in [4.78, 5) is 0. The van der Waals surface area contributed by atoms with Crippen LogP contribution in [0, 0.1) is 6.92 Å². The van der Waals surface area contributed by atoms with Gasteiger partial charge in [-0.1, -0.05) is 52.1 Å². The fourth-order valence-corrected chi connectivity index (χ4v) is 2.82. The first-order valence-corrected chi connectivity index (χ1v) is 7.51. The molecule has 1 N–H and O–H groups in total. The van der Waals surface area contributed by atoms with Crippen molar-refractivity contribution in [3.8, 4) is 28.3 Å². The van der Waals surface area contributed by atoms with Crippen LogP contribution in [0.15, 0.2) is 40.9 Å². The van der Waals surface area contributed by atoms with Crippen LogP contribution in [0.2, 0.25) is 15.1 Å². The molecule has 3 rings (SSSR count). The smallest absolute Gasteiger partial charge is 0.174 e. The van der Waals surface area contributed by atoms with E-state index in [0.29, 0.717) is 27.1 Å². The standard InChI is InChI=1S/C16H10Cl3NO2/c1-8-14(9-2-4-10(17)5-3-9)20-22-16(8)12-6-11(18)7-13(19)15(12)21/h2-7,21H,1H3. The fourth-order valence-electron chi connectivity index (χ4n) is 2.20. The molecule has 0 amide bonds. The molecule has 3 nitrogen and oxygen atoms in total. The quantitative estimate of drug-likeness (QED) is 0.615. The van der Waals surface area contributed by atoms with Crippen LogP contribution in [-0.2, 0) is 0 Å². The lowest BCUT2D eigenvalue weighted by atomic mass is 10.0. The number of phenols is 1. The number of aromatic nitrogens is 1. The molecule has 1 heterocycles. The lowest BCUT2D eigenvalue weighted by molar-refractivity contribution is 0.428. The van der Waals surface area contributed by atoms with Crippen molar-refractivity contribution in [2.75, 3.05) is 0 Å². The molecule has 1 aromatic heterocycles. The van der Waals surface area contributed by atoms with Crippen molar-refractivity contribution in [1.82, 2.24) is 5.16 Å². The van der Waals surface area contributed by atoms with Crippen LogP contribution in [0.3, 0.4) is 0 Å². The molecule has 0 radical (unpaired) electrons. The van der Waals surface area contributed by atoms with Crippen molar-refractivity contribution in [2.24, 2.45) is 0 Å². The zero-order valence-corrected chi connectivity index (χ0v) is 13.7. The fraction of sp³-hybridized carbons (Fsp3) is 0.0625. The second-order valence-electron chi connectivity index (χ2n) is 4.78. The average molecular weight is 355 g/mol. The van der Waals surface area contributed by atoms with Gasteiger partial charge >= 0.3 is 0 Å². The lowest BCUT2D eigenvalue weighted by Crippen LogP contribution is -1.84. The predicted molar refractivity (Wildman–Crippen MR) is 88.8 cm³/mol. The van der Waals surface area contributed by atoms with Gasteiger partial charge in [-0.05, 0) is 31.2 Å². The molecular weight excluding hydrogens is 345 g/mol. The largest absolute Gasteiger partial charge is 0.506 e. The summed E-state index contributed by atoms with van der Waals surface area (Å²) >= 11 is 17.8. The Balaban J connectivity index is 2.13. The second-order valence-corrected chi connectivity index (χ2v) is 6.06. The number of aromatic hydroxyl groups is 1. The third-order valence-corrected chi connectivity index (χ3v) is 4.07. The van der Waals surface area contributed by atoms with E-state index in [9.17, 15) is 5.11 Å². The summed E-state index contributed by atoms with van der Waals surface area (Å²) in [5.74, 6) is 0.333. The molecule has 0 aliphatic carbocycles. The van der Waals surface area contributed by atoms with E-state index in [2.05, 4.69) is 5.16 Å². The third kappa shape index (κ3) is 2.68. The molecule has 0 spiro atoms. The molecular formula is C16H10Cl3NO2. The van der Waals surface area contributed by atoms with Gasteiger partial charge in [-0.25, -0.2) is 0 Å². The highest BCUT2D eigenvalue weighted by molar-refractivity contribution is 6.36. The molecule has 0 fully saturated rings. The van der Waals surface area contributed by atoms with Crippen LogP contribution >= 0.6 is 34.8 Å². The van der Waals surface area contributed by atoms with Gasteiger partial charge in [0.2, 0.25) is 0 Å². The number of halogens is 3. The Morgan fingerprint density at radius 1 is 1.00 bits per heavy atom. The number of phenolic OH excluding ortho intramolecular Hbond substituents is 1. The second kappa shape index (κ2) is 5.84. The van der Waals surface area contributed by atoms with E-state index >= 15 is 0 Å². The van der Waals surface area contributed by atoms with Gasteiger partial charge < -0.3 is 9.63 Å². The first-order chi connectivity index (χ1) is 10.5. The van der Waals surface area contributed by atoms with Crippen LogP contribution in [-0.4, -0.2) is 10.3 Å². The molecule has 3 aromatic rings. The van der Waals surface area contributed by atoms with Gasteiger partial charge in [-0.2, -0.15) is 0 Å². The van der Waals surface area contributed by atoms with Gasteiger partial charge in [0.25, 0.3) is 0 Å². The summed E-state index contributed by atoms with van der Waals surface area (Å²) in [5.41, 5.74) is 2.71. The van der Waals surface area contributed by atoms with Crippen molar-refractivity contribution in [3.63, 3.8) is 0 Å². The van der Waals surface area contributed by atoms with Gasteiger partial charge in [-0.15, -0.1) is 0 Å². The summed E-state index contributed by atoms with van der Waals surface area (Å²) in [6.07, 6.45) is 0. The van der Waals surface area contributed by atoms with Crippen molar-refractivity contribution in [1.29, 1.82) is 0 Å². The number of hydrogen-bond donors (Lipinski definition) is 1. The van der Waals surface area contributed by atoms with Crippen LogP contribution in [0.5, 0.6) is 5.75 Å². The highest BCUT2D eigenvalue weighted by Crippen LogP contribution is 2.41. The van der Waals surface area contributed by atoms with Gasteiger partial charge in [0.15, 0.2) is 5.76 Å². The SMILES string of the molecule is Cc1c(-c2ccc(Cl)cc2)noc1-c1cc(Cl)cc(Cl)c1O. The van der Waals surface area contributed by atoms with E-state index < -0.39 is 0 Å². The minimum atomic E-state index is -0.0898. The predicted octanol–water partition coefficient (Wildman–Crippen LogP) is 5.98. The molecule has 0 atom stereocenters. The van der Waals surface area contributed by atoms with E-state index in [4.69, 9.17) is 39.3 Å². The van der Waals surface area contributed by atoms with Crippen molar-refractivity contribution < 1.29 is 9.63 Å². The van der Waals surface area contributed by atoms with E-state index in [1.807, 2.05) is 19.1 Å². The van der Waals surface area contributed by atoms with Crippen molar-refractivity contribution in [3.05, 3.63) is 57.0 Å². The summed E-state index contributed by atoms with van der Waals surface area (Å²) in [6, 6.07) is 10.3. The summed E-state index contributed by atoms with van der Waals surface area (Å²) < 4.78 is 5.40. The first-order valence-electron chi connectivity index (χ1n) is 6.38. The zero-order chi connectivity index (χ0) is 15.9. The van der Waals surface area contributed by atoms with Gasteiger partial charge in [-0.3, -0.25) is 0 Å². The summed E-state index contributed by atoms with van der Waals surface area (Å²) in [6.45, 7) is 1.85. The molecule has 0 saturated carbocycles. The Labute approximate surface area is 142 Å². The molecule has 0 aliphatic rings. The Morgan fingerprint density at radius 2 is 1.68 bits per heavy atom. The van der Waals surface area contributed by atoms with Gasteiger partial charge in [0.05, 0.1) is 10.6 Å². The number of nitrogens with zero attached hydrogens (tertiary/aromatic N) is 1. The Morgan fingerprint density at radius 3 is 2.36 bits per heavy atom. The molecule has 0 aliphatic heterocycles. The van der Waals surface area contributed by atoms with Crippen molar-refractivity contribution in [2.45, 2.75) is 6.92 Å². The molecule has 6 heteroatoms. The minimum Gasteiger partial charge on any atom is -0.506 e. The minimum absolute atomic E-state index is 0.0898. The van der Waals surface area contributed by atoms with Crippen LogP contribution in [0.1, 0.15) is 5.56 Å². The topological polar surface area (TPSA) is 46.3 Å². The average Bonchev–Trinajstić information content (AvgIpc) is 2.85. The zero-order valence-electron chi connectivity index (χ0n) is 11.4. The maximum absolute atomic E-state index is 10.1. The van der Waals surface area contributed by atoms with E-state index in [1.54, 1.807) is 18.2 Å². The lowest BCUT2D eigenvalue weighted by Gasteiger charge is -2.05. The molecule has 0 bridgehead atoms. The third-order valence-electron chi connectivity index (χ3n) is 3.31. The molecule has 2 aromatic carbocycles. The normalized spacial score (nSPS) is 10.9. The molecule has 0 unspecified atom stereocenters. The molecule has 0 saturated heterocycles. The molecule has 112 valence electrons. The monoisotopic (exact) mass is 353 g/mol. The van der Waals surface area contributed by atoms with Crippen LogP contribution in [0.4, 0.5) is 0 Å². The maximum Gasteiger partial charge on any atom is 0.174 e. The van der Waals surface area contributed by atoms with Gasteiger partial charge in [0.1, 0.15) is 11.4 Å². The molecule has 22 heavy (non-hydrogen) atoms. The van der Waals surface area contributed by atoms with Crippen LogP contribution < -0.4 is 0 Å². The Kier molecular flexibility index (Phi) is 4.04. The number of hydrogen-bond acceptors (Lipinski definition) is 3. The summed E-state index contributed by atoms with van der Waals surface area (Å²) in [7, 11) is 0. The van der Waals surface area contributed by atoms with Crippen LogP contribution in [0.25, 0.3) is 22.6 Å².